The number of rotatable bonds is 7. The maximum absolute atomic E-state index is 13.8. The molecule has 1 aliphatic carbocycles. The molecule has 1 aliphatic heterocycles. The van der Waals surface area contributed by atoms with Crippen LogP contribution in [0.4, 0.5) is 0 Å². The van der Waals surface area contributed by atoms with Gasteiger partial charge in [-0.1, -0.05) is 68.8 Å². The molecule has 0 spiro atoms. The van der Waals surface area contributed by atoms with Crippen molar-refractivity contribution < 1.29 is 22.4 Å². The number of fused-ring (bicyclic) bond motifs is 1. The van der Waals surface area contributed by atoms with E-state index in [4.69, 9.17) is 9.16 Å². The molecule has 6 nitrogen and oxygen atoms in total. The molecule has 198 valence electrons. The smallest absolute Gasteiger partial charge is 0.243 e. The van der Waals surface area contributed by atoms with Crippen LogP contribution in [-0.2, 0) is 30.6 Å². The predicted molar refractivity (Wildman–Crippen MR) is 148 cm³/mol. The number of sulfonamides is 1. The summed E-state index contributed by atoms with van der Waals surface area (Å²) in [6, 6.07) is 16.7. The molecule has 1 heterocycles. The molecular weight excluding hydrogens is 502 g/mol. The first-order valence-corrected chi connectivity index (χ1v) is 17.0. The zero-order valence-corrected chi connectivity index (χ0v) is 24.4. The molecule has 2 aromatic rings. The van der Waals surface area contributed by atoms with E-state index >= 15 is 0 Å². The second-order valence-corrected chi connectivity index (χ2v) is 18.1. The maximum atomic E-state index is 13.8. The molecule has 2 aromatic carbocycles. The molecule has 4 rings (SSSR count). The highest BCUT2D eigenvalue weighted by molar-refractivity contribution is 7.89. The van der Waals surface area contributed by atoms with Gasteiger partial charge in [0.05, 0.1) is 4.90 Å². The highest BCUT2D eigenvalue weighted by Gasteiger charge is 2.44. The van der Waals surface area contributed by atoms with Crippen molar-refractivity contribution in [3.8, 4) is 0 Å². The molecule has 0 N–H and O–H groups in total. The van der Waals surface area contributed by atoms with Crippen LogP contribution in [-0.4, -0.2) is 46.0 Å². The Morgan fingerprint density at radius 2 is 1.68 bits per heavy atom. The second-order valence-electron chi connectivity index (χ2n) is 11.4. The Bertz CT molecular complexity index is 1320. The van der Waals surface area contributed by atoms with Crippen molar-refractivity contribution in [2.75, 3.05) is 13.1 Å². The molecule has 8 heteroatoms. The Morgan fingerprint density at radius 1 is 1.03 bits per heavy atom. The minimum absolute atomic E-state index is 0.0496. The number of nitrogens with zero attached hydrogens (tertiary/aromatic N) is 1. The number of ketones is 1. The van der Waals surface area contributed by atoms with Crippen molar-refractivity contribution in [3.63, 3.8) is 0 Å². The summed E-state index contributed by atoms with van der Waals surface area (Å²) in [5.74, 6) is 0.527. The van der Waals surface area contributed by atoms with E-state index in [9.17, 15) is 13.2 Å². The van der Waals surface area contributed by atoms with E-state index in [0.29, 0.717) is 17.9 Å². The Balaban J connectivity index is 1.78. The molecule has 0 aromatic heterocycles. The minimum atomic E-state index is -3.84. The van der Waals surface area contributed by atoms with Crippen LogP contribution in [0.1, 0.15) is 38.3 Å². The molecular formula is C29H37NO5SSi. The number of hydrogen-bond acceptors (Lipinski definition) is 5. The summed E-state index contributed by atoms with van der Waals surface area (Å²) >= 11 is 0. The third-order valence-electron chi connectivity index (χ3n) is 7.52. The van der Waals surface area contributed by atoms with Crippen LogP contribution in [0.15, 0.2) is 82.5 Å². The van der Waals surface area contributed by atoms with Crippen molar-refractivity contribution in [3.05, 3.63) is 88.7 Å². The average molecular weight is 540 g/mol. The molecule has 37 heavy (non-hydrogen) atoms. The van der Waals surface area contributed by atoms with Crippen LogP contribution >= 0.6 is 0 Å². The normalized spacial score (nSPS) is 19.5. The fourth-order valence-corrected chi connectivity index (χ4v) is 6.97. The summed E-state index contributed by atoms with van der Waals surface area (Å²) in [7, 11) is -6.18. The van der Waals surface area contributed by atoms with Crippen molar-refractivity contribution in [1.82, 2.24) is 4.31 Å². The third-order valence-corrected chi connectivity index (χ3v) is 13.8. The third kappa shape index (κ3) is 5.98. The van der Waals surface area contributed by atoms with Crippen LogP contribution in [0.2, 0.25) is 18.1 Å². The molecule has 0 fully saturated rings. The van der Waals surface area contributed by atoms with Crippen LogP contribution in [0.5, 0.6) is 0 Å². The molecule has 1 unspecified atom stereocenters. The molecule has 0 radical (unpaired) electrons. The number of carbonyl (C=O) groups is 1. The Labute approximate surface area is 222 Å². The zero-order chi connectivity index (χ0) is 27.0. The van der Waals surface area contributed by atoms with E-state index in [1.165, 1.54) is 4.31 Å². The van der Waals surface area contributed by atoms with Crippen molar-refractivity contribution >= 4 is 24.1 Å². The number of aryl methyl sites for hydroxylation is 1. The van der Waals surface area contributed by atoms with Gasteiger partial charge in [0, 0.05) is 25.1 Å². The first-order chi connectivity index (χ1) is 17.3. The SMILES string of the molecule is Cc1ccc(S(=O)(=O)N2CC3=CC(=O)CC3=C(OCc3ccccc3)C(O[Si](C)(C)C(C)(C)C)C2)cc1. The van der Waals surface area contributed by atoms with Gasteiger partial charge in [-0.15, -0.1) is 0 Å². The molecule has 2 aliphatic rings. The standard InChI is InChI=1S/C29H37NO5SSi/c1-21-12-14-25(15-13-21)36(32,33)30-18-23-16-24(31)17-26(23)28(34-20-22-10-8-7-9-11-22)27(19-30)35-37(5,6)29(2,3)4/h7-16,27H,17-20H2,1-6H3. The summed E-state index contributed by atoms with van der Waals surface area (Å²) in [6.45, 7) is 13.2. The van der Waals surface area contributed by atoms with Gasteiger partial charge >= 0.3 is 0 Å². The van der Waals surface area contributed by atoms with E-state index in [1.807, 2.05) is 37.3 Å². The van der Waals surface area contributed by atoms with E-state index in [0.717, 1.165) is 16.7 Å². The molecule has 1 atom stereocenters. The summed E-state index contributed by atoms with van der Waals surface area (Å²) in [4.78, 5) is 12.8. The lowest BCUT2D eigenvalue weighted by atomic mass is 10.1. The average Bonchev–Trinajstić information content (AvgIpc) is 3.11. The Kier molecular flexibility index (Phi) is 7.68. The fourth-order valence-electron chi connectivity index (χ4n) is 4.30. The van der Waals surface area contributed by atoms with E-state index < -0.39 is 24.4 Å². The van der Waals surface area contributed by atoms with E-state index in [2.05, 4.69) is 33.9 Å². The lowest BCUT2D eigenvalue weighted by Crippen LogP contribution is -2.48. The Morgan fingerprint density at radius 3 is 2.30 bits per heavy atom. The van der Waals surface area contributed by atoms with Gasteiger partial charge in [-0.2, -0.15) is 4.31 Å². The number of ether oxygens (including phenoxy) is 1. The summed E-state index contributed by atoms with van der Waals surface area (Å²) in [5.41, 5.74) is 3.42. The van der Waals surface area contributed by atoms with Gasteiger partial charge < -0.3 is 9.16 Å². The van der Waals surface area contributed by atoms with Crippen molar-refractivity contribution in [2.45, 2.75) is 69.9 Å². The van der Waals surface area contributed by atoms with Gasteiger partial charge in [-0.3, -0.25) is 4.79 Å². The van der Waals surface area contributed by atoms with E-state index in [-0.39, 0.29) is 35.2 Å². The van der Waals surface area contributed by atoms with Crippen LogP contribution in [0.25, 0.3) is 0 Å². The lowest BCUT2D eigenvalue weighted by molar-refractivity contribution is -0.113. The molecule has 0 saturated heterocycles. The molecule has 0 bridgehead atoms. The first kappa shape index (κ1) is 27.5. The van der Waals surface area contributed by atoms with Crippen LogP contribution in [0, 0.1) is 6.92 Å². The van der Waals surface area contributed by atoms with Gasteiger partial charge in [-0.05, 0) is 54.4 Å². The summed E-state index contributed by atoms with van der Waals surface area (Å²) < 4.78 is 42.4. The van der Waals surface area contributed by atoms with Crippen molar-refractivity contribution in [2.24, 2.45) is 0 Å². The predicted octanol–water partition coefficient (Wildman–Crippen LogP) is 5.76. The minimum Gasteiger partial charge on any atom is -0.490 e. The topological polar surface area (TPSA) is 72.9 Å². The first-order valence-electron chi connectivity index (χ1n) is 12.7. The molecule has 0 saturated carbocycles. The van der Waals surface area contributed by atoms with Gasteiger partial charge in [0.2, 0.25) is 10.0 Å². The lowest BCUT2D eigenvalue weighted by Gasteiger charge is -2.40. The van der Waals surface area contributed by atoms with E-state index in [1.54, 1.807) is 30.3 Å². The Hall–Kier alpha value is -2.52. The van der Waals surface area contributed by atoms with Gasteiger partial charge in [0.25, 0.3) is 0 Å². The number of hydrogen-bond donors (Lipinski definition) is 0. The largest absolute Gasteiger partial charge is 0.490 e. The highest BCUT2D eigenvalue weighted by atomic mass is 32.2. The van der Waals surface area contributed by atoms with Crippen LogP contribution in [0.3, 0.4) is 0 Å². The van der Waals surface area contributed by atoms with Gasteiger partial charge in [0.15, 0.2) is 14.1 Å². The van der Waals surface area contributed by atoms with Crippen LogP contribution < -0.4 is 0 Å². The fraction of sp³-hybridized carbons (Fsp3) is 0.414. The quantitative estimate of drug-likeness (QED) is 0.418. The zero-order valence-electron chi connectivity index (χ0n) is 22.6. The maximum Gasteiger partial charge on any atom is 0.243 e. The van der Waals surface area contributed by atoms with Gasteiger partial charge in [-0.25, -0.2) is 8.42 Å². The summed E-state index contributed by atoms with van der Waals surface area (Å²) in [6.07, 6.45) is 1.12. The number of allylic oxidation sites excluding steroid dienone is 1. The van der Waals surface area contributed by atoms with Gasteiger partial charge in [0.1, 0.15) is 18.5 Å². The monoisotopic (exact) mass is 539 g/mol. The second kappa shape index (κ2) is 10.3. The molecule has 0 amide bonds. The highest BCUT2D eigenvalue weighted by Crippen LogP contribution is 2.41. The summed E-state index contributed by atoms with van der Waals surface area (Å²) in [5, 5.41) is -0.0979. The number of benzene rings is 2. The van der Waals surface area contributed by atoms with Crippen molar-refractivity contribution in [1.29, 1.82) is 0 Å². The number of carbonyl (C=O) groups excluding carboxylic acids is 1.